The van der Waals surface area contributed by atoms with Crippen molar-refractivity contribution in [1.82, 2.24) is 25.3 Å². The second-order valence-electron chi connectivity index (χ2n) is 14.0. The van der Waals surface area contributed by atoms with Crippen LogP contribution in [0.3, 0.4) is 0 Å². The average Bonchev–Trinajstić information content (AvgIpc) is 3.57. The fraction of sp³-hybridized carbons (Fsp3) is 0.634. The van der Waals surface area contributed by atoms with Crippen molar-refractivity contribution in [1.29, 1.82) is 0 Å². The van der Waals surface area contributed by atoms with Crippen molar-refractivity contribution in [2.24, 2.45) is 5.92 Å². The Morgan fingerprint density at radius 2 is 1.16 bits per heavy atom. The lowest BCUT2D eigenvalue weighted by atomic mass is 10.0. The third kappa shape index (κ3) is 23.0. The first-order valence-corrected chi connectivity index (χ1v) is 20.4. The van der Waals surface area contributed by atoms with E-state index in [-0.39, 0.29) is 75.5 Å². The summed E-state index contributed by atoms with van der Waals surface area (Å²) < 4.78 is 37.9. The van der Waals surface area contributed by atoms with Crippen molar-refractivity contribution < 1.29 is 66.7 Å². The van der Waals surface area contributed by atoms with Crippen molar-refractivity contribution in [3.63, 3.8) is 0 Å². The fourth-order valence-corrected chi connectivity index (χ4v) is 5.16. The lowest BCUT2D eigenvalue weighted by Crippen LogP contribution is -2.51. The number of hydrogen-bond acceptors (Lipinski definition) is 14. The Kier molecular flexibility index (Phi) is 26.5. The Hall–Kier alpha value is -4.99. The Bertz CT molecular complexity index is 1530. The summed E-state index contributed by atoms with van der Waals surface area (Å²) in [6.45, 7) is 9.97. The van der Waals surface area contributed by atoms with Gasteiger partial charge in [-0.25, -0.2) is 4.79 Å². The molecule has 0 bridgehead atoms. The summed E-state index contributed by atoms with van der Waals surface area (Å²) in [7, 11) is 3.27. The summed E-state index contributed by atoms with van der Waals surface area (Å²) in [6, 6.07) is 5.83. The molecule has 1 aromatic carbocycles. The molecule has 1 heterocycles. The first kappa shape index (κ1) is 52.1. The van der Waals surface area contributed by atoms with E-state index in [1.165, 1.54) is 17.1 Å². The zero-order valence-corrected chi connectivity index (χ0v) is 36.1. The normalized spacial score (nSPS) is 12.7. The molecule has 0 saturated carbocycles. The number of anilines is 1. The third-order valence-electron chi connectivity index (χ3n) is 8.79. The lowest BCUT2D eigenvalue weighted by molar-refractivity contribution is -0.138. The van der Waals surface area contributed by atoms with Gasteiger partial charge in [0.2, 0.25) is 23.6 Å². The highest BCUT2D eigenvalue weighted by Crippen LogP contribution is 2.11. The van der Waals surface area contributed by atoms with Gasteiger partial charge in [-0.2, -0.15) is 0 Å². The number of ether oxygens (including phenoxy) is 7. The highest BCUT2D eigenvalue weighted by atomic mass is 16.6. The number of likely N-dealkylation sites (N-methyl/N-ethyl adjacent to an activating group) is 2. The Morgan fingerprint density at radius 3 is 1.67 bits per heavy atom. The summed E-state index contributed by atoms with van der Waals surface area (Å²) >= 11 is 0. The molecule has 7 amide bonds. The molecular formula is C41H64N6O14. The third-order valence-corrected chi connectivity index (χ3v) is 8.79. The van der Waals surface area contributed by atoms with Gasteiger partial charge in [0, 0.05) is 57.9 Å². The van der Waals surface area contributed by atoms with Gasteiger partial charge in [-0.15, -0.1) is 0 Å². The van der Waals surface area contributed by atoms with Crippen LogP contribution in [-0.4, -0.2) is 182 Å². The van der Waals surface area contributed by atoms with Crippen LogP contribution in [0.25, 0.3) is 0 Å². The molecule has 1 aromatic rings. The van der Waals surface area contributed by atoms with E-state index in [0.717, 1.165) is 4.90 Å². The number of amides is 7. The molecule has 0 aliphatic carbocycles. The summed E-state index contributed by atoms with van der Waals surface area (Å²) in [5, 5.41) is 7.97. The van der Waals surface area contributed by atoms with Gasteiger partial charge in [0.25, 0.3) is 11.8 Å². The molecule has 0 saturated heterocycles. The molecule has 2 rings (SSSR count). The SMILES string of the molecule is CCC(=O)N(C)CCN(C)C(=O)OCc1ccc(NC(=O)CNC(=O)C(NC(=O)CCOCCOCCOCCOCCOCCOCCN2C(=O)C=CC2=O)C(C)C)cc1. The van der Waals surface area contributed by atoms with Crippen LogP contribution in [0.15, 0.2) is 36.4 Å². The molecule has 3 N–H and O–H groups in total. The van der Waals surface area contributed by atoms with Crippen LogP contribution in [0.4, 0.5) is 10.5 Å². The zero-order valence-electron chi connectivity index (χ0n) is 36.1. The Morgan fingerprint density at radius 1 is 0.672 bits per heavy atom. The van der Waals surface area contributed by atoms with Crippen molar-refractivity contribution in [2.75, 3.05) is 125 Å². The molecule has 1 unspecified atom stereocenters. The van der Waals surface area contributed by atoms with Crippen molar-refractivity contribution in [3.05, 3.63) is 42.0 Å². The topological polar surface area (TPSA) is 230 Å². The van der Waals surface area contributed by atoms with Crippen LogP contribution < -0.4 is 16.0 Å². The van der Waals surface area contributed by atoms with E-state index in [1.54, 1.807) is 64.0 Å². The van der Waals surface area contributed by atoms with E-state index in [9.17, 15) is 33.6 Å². The van der Waals surface area contributed by atoms with Crippen LogP contribution in [-0.2, 0) is 68.5 Å². The molecular weight excluding hydrogens is 800 g/mol. The van der Waals surface area contributed by atoms with Gasteiger partial charge < -0.3 is 58.9 Å². The van der Waals surface area contributed by atoms with Gasteiger partial charge in [0.15, 0.2) is 0 Å². The van der Waals surface area contributed by atoms with Crippen LogP contribution >= 0.6 is 0 Å². The van der Waals surface area contributed by atoms with E-state index in [1.807, 2.05) is 0 Å². The van der Waals surface area contributed by atoms with Crippen molar-refractivity contribution >= 4 is 47.2 Å². The zero-order chi connectivity index (χ0) is 44.8. The van der Waals surface area contributed by atoms with Gasteiger partial charge in [-0.05, 0) is 23.6 Å². The van der Waals surface area contributed by atoms with Crippen LogP contribution in [0.5, 0.6) is 0 Å². The predicted octanol–water partition coefficient (Wildman–Crippen LogP) is 0.734. The number of carbonyl (C=O) groups excluding carboxylic acids is 7. The molecule has 0 fully saturated rings. The summed E-state index contributed by atoms with van der Waals surface area (Å²) in [4.78, 5) is 88.9. The standard InChI is InChI=1S/C41H64N6O14/c1-6-36(50)45(4)14-15-46(5)41(54)61-30-32-7-9-33(10-8-32)43-35(49)29-42-40(53)39(31(2)3)44-34(48)13-17-55-19-21-57-23-25-59-27-28-60-26-24-58-22-20-56-18-16-47-37(51)11-12-38(47)52/h7-12,31,39H,6,13-30H2,1-5H3,(H,42,53)(H,43,49)(H,44,48). The van der Waals surface area contributed by atoms with Gasteiger partial charge in [-0.1, -0.05) is 32.9 Å². The van der Waals surface area contributed by atoms with E-state index < -0.39 is 23.9 Å². The summed E-state index contributed by atoms with van der Waals surface area (Å²) in [5.41, 5.74) is 1.18. The first-order valence-electron chi connectivity index (χ1n) is 20.4. The highest BCUT2D eigenvalue weighted by Gasteiger charge is 2.25. The Balaban J connectivity index is 1.45. The van der Waals surface area contributed by atoms with Crippen LogP contribution in [0, 0.1) is 5.92 Å². The van der Waals surface area contributed by atoms with E-state index in [4.69, 9.17) is 33.2 Å². The molecule has 342 valence electrons. The van der Waals surface area contributed by atoms with Gasteiger partial charge in [0.1, 0.15) is 12.6 Å². The number of carbonyl (C=O) groups is 7. The number of nitrogens with zero attached hydrogens (tertiary/aromatic N) is 3. The molecule has 20 nitrogen and oxygen atoms in total. The van der Waals surface area contributed by atoms with E-state index >= 15 is 0 Å². The molecule has 20 heteroatoms. The van der Waals surface area contributed by atoms with Crippen molar-refractivity contribution in [2.45, 2.75) is 46.3 Å². The molecule has 1 atom stereocenters. The van der Waals surface area contributed by atoms with Crippen LogP contribution in [0.1, 0.15) is 39.2 Å². The maximum absolute atomic E-state index is 12.9. The number of imide groups is 1. The summed E-state index contributed by atoms with van der Waals surface area (Å²) in [5.74, 6) is -2.25. The number of benzene rings is 1. The minimum atomic E-state index is -0.854. The second kappa shape index (κ2) is 30.9. The van der Waals surface area contributed by atoms with Crippen LogP contribution in [0.2, 0.25) is 0 Å². The molecule has 0 aromatic heterocycles. The smallest absolute Gasteiger partial charge is 0.409 e. The number of nitrogens with one attached hydrogen (secondary N) is 3. The van der Waals surface area contributed by atoms with Gasteiger partial charge >= 0.3 is 6.09 Å². The highest BCUT2D eigenvalue weighted by molar-refractivity contribution is 6.12. The minimum Gasteiger partial charge on any atom is -0.445 e. The number of rotatable bonds is 33. The second-order valence-corrected chi connectivity index (χ2v) is 14.0. The first-order chi connectivity index (χ1) is 29.3. The van der Waals surface area contributed by atoms with Gasteiger partial charge in [0.05, 0.1) is 92.4 Å². The maximum Gasteiger partial charge on any atom is 0.409 e. The molecule has 0 radical (unpaired) electrons. The molecule has 0 spiro atoms. The Labute approximate surface area is 357 Å². The summed E-state index contributed by atoms with van der Waals surface area (Å²) in [6.07, 6.45) is 2.37. The van der Waals surface area contributed by atoms with Crippen molar-refractivity contribution in [3.8, 4) is 0 Å². The quantitative estimate of drug-likeness (QED) is 0.0654. The minimum absolute atomic E-state index is 0.0100. The largest absolute Gasteiger partial charge is 0.445 e. The molecule has 61 heavy (non-hydrogen) atoms. The van der Waals surface area contributed by atoms with E-state index in [0.29, 0.717) is 90.2 Å². The molecule has 1 aliphatic rings. The monoisotopic (exact) mass is 864 g/mol. The lowest BCUT2D eigenvalue weighted by Gasteiger charge is -2.22. The fourth-order valence-electron chi connectivity index (χ4n) is 5.16. The molecule has 1 aliphatic heterocycles. The van der Waals surface area contributed by atoms with E-state index in [2.05, 4.69) is 16.0 Å². The average molecular weight is 865 g/mol. The maximum atomic E-state index is 12.9. The van der Waals surface area contributed by atoms with Gasteiger partial charge in [-0.3, -0.25) is 33.7 Å². The number of hydrogen-bond donors (Lipinski definition) is 3. The predicted molar refractivity (Wildman–Crippen MR) is 221 cm³/mol.